The van der Waals surface area contributed by atoms with E-state index >= 15 is 0 Å². The fraction of sp³-hybridized carbons (Fsp3) is 0.357. The SMILES string of the molecule is Nc1ncnc2c1ncn2Cc1c(-c2ccc3c(c2)CCO3)cc(Cl)cc1N1CC[C@](N)(C(=O)NC2CC2)C1. The predicted octanol–water partition coefficient (Wildman–Crippen LogP) is 2.90. The van der Waals surface area contributed by atoms with E-state index in [1.165, 1.54) is 11.9 Å². The first-order valence-corrected chi connectivity index (χ1v) is 13.6. The number of hydrogen-bond acceptors (Lipinski definition) is 8. The Bertz CT molecular complexity index is 1620. The quantitative estimate of drug-likeness (QED) is 0.337. The molecule has 2 aromatic carbocycles. The predicted molar refractivity (Wildman–Crippen MR) is 150 cm³/mol. The fourth-order valence-electron chi connectivity index (χ4n) is 5.65. The van der Waals surface area contributed by atoms with E-state index in [4.69, 9.17) is 27.8 Å². The minimum absolute atomic E-state index is 0.0808. The second-order valence-electron chi connectivity index (χ2n) is 10.8. The number of anilines is 2. The number of carbonyl (C=O) groups excluding carboxylic acids is 1. The van der Waals surface area contributed by atoms with Gasteiger partial charge < -0.3 is 31.0 Å². The van der Waals surface area contributed by atoms with Gasteiger partial charge >= 0.3 is 0 Å². The van der Waals surface area contributed by atoms with Gasteiger partial charge in [0, 0.05) is 41.8 Å². The third-order valence-electron chi connectivity index (χ3n) is 7.96. The summed E-state index contributed by atoms with van der Waals surface area (Å²) < 4.78 is 7.71. The highest BCUT2D eigenvalue weighted by Gasteiger charge is 2.43. The number of hydrogen-bond donors (Lipinski definition) is 3. The number of nitrogens with two attached hydrogens (primary N) is 2. The van der Waals surface area contributed by atoms with Gasteiger partial charge in [0.15, 0.2) is 11.5 Å². The third-order valence-corrected chi connectivity index (χ3v) is 8.17. The summed E-state index contributed by atoms with van der Waals surface area (Å²) >= 11 is 6.76. The number of aromatic nitrogens is 4. The van der Waals surface area contributed by atoms with Crippen molar-refractivity contribution in [2.75, 3.05) is 30.3 Å². The van der Waals surface area contributed by atoms with Crippen molar-refractivity contribution < 1.29 is 9.53 Å². The molecule has 4 heterocycles. The molecule has 1 saturated carbocycles. The highest BCUT2D eigenvalue weighted by atomic mass is 35.5. The number of halogens is 1. The van der Waals surface area contributed by atoms with E-state index in [9.17, 15) is 4.79 Å². The Morgan fingerprint density at radius 2 is 2.08 bits per heavy atom. The smallest absolute Gasteiger partial charge is 0.242 e. The van der Waals surface area contributed by atoms with Crippen molar-refractivity contribution in [1.29, 1.82) is 0 Å². The maximum atomic E-state index is 13.0. The zero-order valence-electron chi connectivity index (χ0n) is 21.4. The van der Waals surface area contributed by atoms with Crippen molar-refractivity contribution in [1.82, 2.24) is 24.8 Å². The van der Waals surface area contributed by atoms with Crippen LogP contribution in [0.25, 0.3) is 22.3 Å². The molecule has 39 heavy (non-hydrogen) atoms. The zero-order valence-corrected chi connectivity index (χ0v) is 22.1. The molecule has 1 saturated heterocycles. The van der Waals surface area contributed by atoms with E-state index < -0.39 is 5.54 Å². The van der Waals surface area contributed by atoms with Gasteiger partial charge in [-0.1, -0.05) is 17.7 Å². The molecule has 11 heteroatoms. The molecule has 1 atom stereocenters. The van der Waals surface area contributed by atoms with Gasteiger partial charge in [0.25, 0.3) is 0 Å². The summed E-state index contributed by atoms with van der Waals surface area (Å²) in [5.41, 5.74) is 18.2. The van der Waals surface area contributed by atoms with Gasteiger partial charge in [0.05, 0.1) is 19.5 Å². The largest absolute Gasteiger partial charge is 0.493 e. The molecular formula is C28H29ClN8O2. The number of benzene rings is 2. The van der Waals surface area contributed by atoms with Crippen molar-refractivity contribution in [3.05, 3.63) is 59.1 Å². The lowest BCUT2D eigenvalue weighted by Gasteiger charge is -2.28. The molecule has 2 aliphatic heterocycles. The van der Waals surface area contributed by atoms with Crippen LogP contribution < -0.4 is 26.4 Å². The van der Waals surface area contributed by atoms with E-state index in [1.807, 2.05) is 22.8 Å². The lowest BCUT2D eigenvalue weighted by atomic mass is 9.95. The summed E-state index contributed by atoms with van der Waals surface area (Å²) in [7, 11) is 0. The lowest BCUT2D eigenvalue weighted by molar-refractivity contribution is -0.125. The molecule has 0 bridgehead atoms. The van der Waals surface area contributed by atoms with Gasteiger partial charge in [-0.15, -0.1) is 0 Å². The topological polar surface area (TPSA) is 137 Å². The molecule has 0 spiro atoms. The molecule has 1 aliphatic carbocycles. The Morgan fingerprint density at radius 3 is 2.92 bits per heavy atom. The molecule has 0 radical (unpaired) electrons. The maximum Gasteiger partial charge on any atom is 0.242 e. The van der Waals surface area contributed by atoms with Crippen LogP contribution in [0.15, 0.2) is 43.0 Å². The molecular weight excluding hydrogens is 516 g/mol. The van der Waals surface area contributed by atoms with Crippen molar-refractivity contribution in [2.45, 2.75) is 43.8 Å². The molecule has 5 N–H and O–H groups in total. The van der Waals surface area contributed by atoms with Gasteiger partial charge in [-0.2, -0.15) is 0 Å². The third kappa shape index (κ3) is 4.33. The highest BCUT2D eigenvalue weighted by Crippen LogP contribution is 2.40. The summed E-state index contributed by atoms with van der Waals surface area (Å²) in [5, 5.41) is 3.70. The summed E-state index contributed by atoms with van der Waals surface area (Å²) in [4.78, 5) is 28.2. The second kappa shape index (κ2) is 9.10. The van der Waals surface area contributed by atoms with Crippen LogP contribution in [0, 0.1) is 0 Å². The molecule has 1 amide bonds. The van der Waals surface area contributed by atoms with Crippen molar-refractivity contribution >= 4 is 40.2 Å². The number of fused-ring (bicyclic) bond motifs is 2. The van der Waals surface area contributed by atoms with Crippen LogP contribution in [0.3, 0.4) is 0 Å². The normalized spacial score (nSPS) is 20.3. The van der Waals surface area contributed by atoms with E-state index in [-0.39, 0.29) is 11.9 Å². The number of amides is 1. The number of nitrogen functional groups attached to an aromatic ring is 1. The molecule has 3 aliphatic rings. The zero-order chi connectivity index (χ0) is 26.7. The Balaban J connectivity index is 1.33. The average Bonchev–Trinajstić information content (AvgIpc) is 3.28. The van der Waals surface area contributed by atoms with Crippen LogP contribution >= 0.6 is 11.6 Å². The lowest BCUT2D eigenvalue weighted by Crippen LogP contribution is -2.56. The summed E-state index contributed by atoms with van der Waals surface area (Å²) in [5.74, 6) is 1.18. The average molecular weight is 545 g/mol. The van der Waals surface area contributed by atoms with Crippen LogP contribution in [-0.2, 0) is 17.8 Å². The van der Waals surface area contributed by atoms with Gasteiger partial charge in [0.2, 0.25) is 5.91 Å². The minimum Gasteiger partial charge on any atom is -0.493 e. The van der Waals surface area contributed by atoms with Crippen LogP contribution in [0.2, 0.25) is 5.02 Å². The Labute approximate surface area is 230 Å². The van der Waals surface area contributed by atoms with Crippen molar-refractivity contribution in [3.63, 3.8) is 0 Å². The van der Waals surface area contributed by atoms with Gasteiger partial charge in [-0.3, -0.25) is 4.79 Å². The van der Waals surface area contributed by atoms with Crippen LogP contribution in [0.4, 0.5) is 11.5 Å². The highest BCUT2D eigenvalue weighted by molar-refractivity contribution is 6.31. The fourth-order valence-corrected chi connectivity index (χ4v) is 5.86. The number of nitrogens with one attached hydrogen (secondary N) is 1. The number of ether oxygens (including phenoxy) is 1. The molecule has 10 nitrogen and oxygen atoms in total. The Morgan fingerprint density at radius 1 is 1.21 bits per heavy atom. The first kappa shape index (κ1) is 24.2. The molecule has 2 aromatic heterocycles. The molecule has 200 valence electrons. The Kier molecular flexibility index (Phi) is 5.64. The van der Waals surface area contributed by atoms with E-state index in [2.05, 4.69) is 37.3 Å². The first-order chi connectivity index (χ1) is 18.9. The maximum absolute atomic E-state index is 13.0. The van der Waals surface area contributed by atoms with Crippen molar-refractivity contribution in [3.8, 4) is 16.9 Å². The van der Waals surface area contributed by atoms with Gasteiger partial charge in [-0.05, 0) is 60.2 Å². The monoisotopic (exact) mass is 544 g/mol. The van der Waals surface area contributed by atoms with E-state index in [0.717, 1.165) is 47.4 Å². The van der Waals surface area contributed by atoms with Gasteiger partial charge in [0.1, 0.15) is 23.1 Å². The van der Waals surface area contributed by atoms with Crippen LogP contribution in [-0.4, -0.2) is 56.7 Å². The molecule has 7 rings (SSSR count). The summed E-state index contributed by atoms with van der Waals surface area (Å²) in [6.07, 6.45) is 6.64. The van der Waals surface area contributed by atoms with Crippen LogP contribution in [0.1, 0.15) is 30.4 Å². The number of rotatable bonds is 6. The number of imidazole rings is 1. The first-order valence-electron chi connectivity index (χ1n) is 13.2. The van der Waals surface area contributed by atoms with Gasteiger partial charge in [-0.25, -0.2) is 15.0 Å². The number of nitrogens with zero attached hydrogens (tertiary/aromatic N) is 5. The minimum atomic E-state index is -0.962. The second-order valence-corrected chi connectivity index (χ2v) is 11.2. The molecule has 2 fully saturated rings. The van der Waals surface area contributed by atoms with Crippen LogP contribution in [0.5, 0.6) is 5.75 Å². The molecule has 0 unspecified atom stereocenters. The summed E-state index contributed by atoms with van der Waals surface area (Å²) in [6, 6.07) is 10.5. The molecule has 4 aromatic rings. The summed E-state index contributed by atoms with van der Waals surface area (Å²) in [6.45, 7) is 2.18. The Hall–Kier alpha value is -3.89. The van der Waals surface area contributed by atoms with E-state index in [0.29, 0.717) is 54.7 Å². The van der Waals surface area contributed by atoms with Crippen molar-refractivity contribution in [2.24, 2.45) is 5.73 Å². The number of carbonyl (C=O) groups is 1. The van der Waals surface area contributed by atoms with E-state index in [1.54, 1.807) is 6.33 Å². The standard InChI is InChI=1S/C28H29ClN8O2/c29-18-10-20(16-1-4-23-17(9-16)5-8-39-23)21(12-37-15-34-24-25(30)32-14-33-26(24)37)22(11-18)36-7-6-28(31,13-36)27(38)35-19-2-3-19/h1,4,9-11,14-15,19H,2-3,5-8,12-13,31H2,(H,35,38)(H2,30,32,33)/t28-/m1/s1.